The lowest BCUT2D eigenvalue weighted by Gasteiger charge is -2.09. The van der Waals surface area contributed by atoms with Crippen LogP contribution in [0.4, 0.5) is 17.3 Å². The second-order valence-electron chi connectivity index (χ2n) is 6.67. The molecule has 0 unspecified atom stereocenters. The van der Waals surface area contributed by atoms with Gasteiger partial charge in [0.25, 0.3) is 5.17 Å². The van der Waals surface area contributed by atoms with Gasteiger partial charge in [-0.25, -0.2) is 15.7 Å². The van der Waals surface area contributed by atoms with Crippen LogP contribution in [0.15, 0.2) is 43.0 Å². The number of amidine groups is 1. The predicted molar refractivity (Wildman–Crippen MR) is 111 cm³/mol. The normalized spacial score (nSPS) is 14.3. The minimum absolute atomic E-state index is 0.322. The third kappa shape index (κ3) is 4.49. The van der Waals surface area contributed by atoms with Crippen molar-refractivity contribution in [3.05, 3.63) is 43.0 Å². The molecule has 4 rings (SSSR count). The van der Waals surface area contributed by atoms with E-state index in [0.29, 0.717) is 27.8 Å². The van der Waals surface area contributed by atoms with Crippen molar-refractivity contribution < 1.29 is 5.32 Å². The van der Waals surface area contributed by atoms with Gasteiger partial charge in [0.1, 0.15) is 5.82 Å². The molecular formula is C19H21N8S+. The van der Waals surface area contributed by atoms with E-state index in [1.165, 1.54) is 24.6 Å². The number of nitrogens with two attached hydrogens (primary N) is 1. The van der Waals surface area contributed by atoms with Crippen LogP contribution in [0.5, 0.6) is 0 Å². The summed E-state index contributed by atoms with van der Waals surface area (Å²) in [6.07, 6.45) is 11.1. The maximum Gasteiger partial charge on any atom is 0.265 e. The molecule has 0 aromatic carbocycles. The van der Waals surface area contributed by atoms with Crippen molar-refractivity contribution in [3.8, 4) is 0 Å². The van der Waals surface area contributed by atoms with Gasteiger partial charge in [-0.1, -0.05) is 12.8 Å². The van der Waals surface area contributed by atoms with Gasteiger partial charge in [0.2, 0.25) is 5.82 Å². The number of pyridine rings is 2. The Morgan fingerprint density at radius 3 is 2.71 bits per heavy atom. The van der Waals surface area contributed by atoms with Crippen LogP contribution in [-0.2, 0) is 0 Å². The number of nitrogens with zero attached hydrogens (tertiary/aromatic N) is 4. The molecule has 1 aliphatic rings. The number of rotatable bonds is 4. The second-order valence-corrected chi connectivity index (χ2v) is 7.75. The molecule has 3 aromatic heterocycles. The van der Waals surface area contributed by atoms with Gasteiger partial charge in [-0.15, -0.1) is 0 Å². The molecule has 0 amide bonds. The monoisotopic (exact) mass is 393 g/mol. The standard InChI is InChI=1S/C19H20N8S/c20-18(12-3-1-2-4-12)28-19(21)27-16-6-5-14-15(26-16)9-13(10-24-14)25-17-11-22-7-8-23-17/h5-12,20H,1-4H2,(H,23,25)(H2,21,26,27)/p+1. The molecule has 0 radical (unpaired) electrons. The summed E-state index contributed by atoms with van der Waals surface area (Å²) in [6, 6.07) is 5.63. The Balaban J connectivity index is 1.45. The molecule has 0 bridgehead atoms. The van der Waals surface area contributed by atoms with E-state index in [4.69, 9.17) is 10.8 Å². The number of anilines is 2. The smallest absolute Gasteiger partial charge is 0.265 e. The number of hydrogen-bond acceptors (Lipinski definition) is 8. The molecule has 5 N–H and O–H groups in total. The van der Waals surface area contributed by atoms with E-state index < -0.39 is 0 Å². The van der Waals surface area contributed by atoms with E-state index in [2.05, 4.69) is 25.3 Å². The van der Waals surface area contributed by atoms with Crippen molar-refractivity contribution in [1.29, 1.82) is 10.8 Å². The number of aromatic nitrogens is 4. The van der Waals surface area contributed by atoms with Gasteiger partial charge in [0.15, 0.2) is 0 Å². The van der Waals surface area contributed by atoms with E-state index in [0.717, 1.165) is 29.6 Å². The lowest BCUT2D eigenvalue weighted by atomic mass is 10.1. The Hall–Kier alpha value is -2.91. The number of fused-ring (bicyclic) bond motifs is 1. The summed E-state index contributed by atoms with van der Waals surface area (Å²) in [6.45, 7) is 0. The Morgan fingerprint density at radius 2 is 1.93 bits per heavy atom. The molecule has 9 heteroatoms. The summed E-state index contributed by atoms with van der Waals surface area (Å²) in [5.74, 6) is 1.64. The third-order valence-electron chi connectivity index (χ3n) is 4.62. The topological polar surface area (TPSA) is 128 Å². The Morgan fingerprint density at radius 1 is 1.07 bits per heavy atom. The molecule has 28 heavy (non-hydrogen) atoms. The van der Waals surface area contributed by atoms with Gasteiger partial charge < -0.3 is 5.32 Å². The molecule has 8 nitrogen and oxygen atoms in total. The van der Waals surface area contributed by atoms with Crippen molar-refractivity contribution in [2.24, 2.45) is 5.92 Å². The molecule has 0 atom stereocenters. The first-order valence-electron chi connectivity index (χ1n) is 9.17. The van der Waals surface area contributed by atoms with Crippen LogP contribution in [0.1, 0.15) is 25.7 Å². The van der Waals surface area contributed by atoms with Crippen molar-refractivity contribution in [2.75, 3.05) is 5.32 Å². The average molecular weight is 394 g/mol. The van der Waals surface area contributed by atoms with Crippen molar-refractivity contribution >= 4 is 50.3 Å². The average Bonchev–Trinajstić information content (AvgIpc) is 3.23. The molecule has 3 aromatic rings. The summed E-state index contributed by atoms with van der Waals surface area (Å²) in [5.41, 5.74) is 2.27. The maximum absolute atomic E-state index is 8.20. The Bertz CT molecular complexity index is 1000. The lowest BCUT2D eigenvalue weighted by molar-refractivity contribution is -0.442. The van der Waals surface area contributed by atoms with Gasteiger partial charge in [-0.3, -0.25) is 15.4 Å². The highest BCUT2D eigenvalue weighted by Gasteiger charge is 2.22. The van der Waals surface area contributed by atoms with Gasteiger partial charge in [-0.05, 0) is 25.0 Å². The van der Waals surface area contributed by atoms with Crippen molar-refractivity contribution in [1.82, 2.24) is 19.9 Å². The molecule has 1 aliphatic carbocycles. The third-order valence-corrected chi connectivity index (χ3v) is 5.51. The fourth-order valence-corrected chi connectivity index (χ4v) is 4.06. The van der Waals surface area contributed by atoms with Crippen LogP contribution < -0.4 is 10.6 Å². The summed E-state index contributed by atoms with van der Waals surface area (Å²) in [5, 5.41) is 22.2. The van der Waals surface area contributed by atoms with Crippen LogP contribution in [0.3, 0.4) is 0 Å². The molecular weight excluding hydrogens is 372 g/mol. The summed E-state index contributed by atoms with van der Waals surface area (Å²) in [4.78, 5) is 17.2. The molecule has 0 saturated heterocycles. The zero-order chi connectivity index (χ0) is 19.3. The van der Waals surface area contributed by atoms with Crippen molar-refractivity contribution in [2.45, 2.75) is 25.7 Å². The molecule has 0 spiro atoms. The lowest BCUT2D eigenvalue weighted by Crippen LogP contribution is -2.81. The summed E-state index contributed by atoms with van der Waals surface area (Å²) < 4.78 is 0. The second kappa shape index (κ2) is 8.41. The number of quaternary nitrogens is 1. The first kappa shape index (κ1) is 18.5. The molecule has 1 saturated carbocycles. The van der Waals surface area contributed by atoms with Crippen molar-refractivity contribution in [3.63, 3.8) is 0 Å². The molecule has 0 aliphatic heterocycles. The molecule has 142 valence electrons. The zero-order valence-electron chi connectivity index (χ0n) is 15.2. The van der Waals surface area contributed by atoms with Crippen LogP contribution in [0.25, 0.3) is 11.0 Å². The van der Waals surface area contributed by atoms with E-state index in [9.17, 15) is 0 Å². The van der Waals surface area contributed by atoms with E-state index >= 15 is 0 Å². The van der Waals surface area contributed by atoms with Gasteiger partial charge in [0, 0.05) is 36.1 Å². The molecule has 1 fully saturated rings. The first-order valence-corrected chi connectivity index (χ1v) is 9.98. The highest BCUT2D eigenvalue weighted by Crippen LogP contribution is 2.29. The summed E-state index contributed by atoms with van der Waals surface area (Å²) >= 11 is 1.23. The number of nitrogens with one attached hydrogen (secondary N) is 3. The maximum atomic E-state index is 8.20. The highest BCUT2D eigenvalue weighted by atomic mass is 32.2. The van der Waals surface area contributed by atoms with E-state index in [-0.39, 0.29) is 0 Å². The highest BCUT2D eigenvalue weighted by molar-refractivity contribution is 8.25. The minimum Gasteiger partial charge on any atom is -0.338 e. The number of thioether (sulfide) groups is 1. The predicted octanol–water partition coefficient (Wildman–Crippen LogP) is 3.19. The zero-order valence-corrected chi connectivity index (χ0v) is 16.0. The van der Waals surface area contributed by atoms with Gasteiger partial charge in [0.05, 0.1) is 34.2 Å². The van der Waals surface area contributed by atoms with E-state index in [1.807, 2.05) is 18.2 Å². The van der Waals surface area contributed by atoms with Gasteiger partial charge >= 0.3 is 0 Å². The Kier molecular flexibility index (Phi) is 5.54. The quantitative estimate of drug-likeness (QED) is 0.398. The van der Waals surface area contributed by atoms with Crippen LogP contribution >= 0.6 is 11.8 Å². The fraction of sp³-hybridized carbons (Fsp3) is 0.263. The minimum atomic E-state index is 0.322. The first-order chi connectivity index (χ1) is 13.7. The molecule has 3 heterocycles. The van der Waals surface area contributed by atoms with E-state index in [1.54, 1.807) is 30.1 Å². The SMILES string of the molecule is N=C([NH2+]c1ccc2ncc(Nc3cnccn3)cc2n1)SC(=N)C1CCCC1. The Labute approximate surface area is 166 Å². The van der Waals surface area contributed by atoms with Crippen LogP contribution in [-0.4, -0.2) is 30.1 Å². The fourth-order valence-electron chi connectivity index (χ4n) is 3.24. The van der Waals surface area contributed by atoms with Crippen LogP contribution in [0, 0.1) is 16.7 Å². The number of hydrogen-bond donors (Lipinski definition) is 4. The summed E-state index contributed by atoms with van der Waals surface area (Å²) in [7, 11) is 0. The van der Waals surface area contributed by atoms with Crippen LogP contribution in [0.2, 0.25) is 0 Å². The largest absolute Gasteiger partial charge is 0.338 e. The van der Waals surface area contributed by atoms with Gasteiger partial charge in [-0.2, -0.15) is 4.98 Å².